The molecule has 0 radical (unpaired) electrons. The average Bonchev–Trinajstić information content (AvgIpc) is 2.21. The summed E-state index contributed by atoms with van der Waals surface area (Å²) in [4.78, 5) is 44.0. The zero-order valence-corrected chi connectivity index (χ0v) is 11.4. The molecule has 1 atom stereocenters. The number of rotatable bonds is 6. The summed E-state index contributed by atoms with van der Waals surface area (Å²) in [6, 6.07) is -1.42. The first-order valence-electron chi connectivity index (χ1n) is 5.72. The van der Waals surface area contributed by atoms with Gasteiger partial charge in [-0.25, -0.2) is 4.79 Å². The van der Waals surface area contributed by atoms with Gasteiger partial charge in [-0.2, -0.15) is 0 Å². The molecule has 114 valence electrons. The summed E-state index contributed by atoms with van der Waals surface area (Å²) >= 11 is 0. The van der Waals surface area contributed by atoms with Gasteiger partial charge in [0.2, 0.25) is 5.91 Å². The van der Waals surface area contributed by atoms with E-state index in [0.29, 0.717) is 0 Å². The van der Waals surface area contributed by atoms with Gasteiger partial charge < -0.3 is 25.6 Å². The van der Waals surface area contributed by atoms with Crippen LogP contribution in [0.25, 0.3) is 0 Å². The molecule has 0 heterocycles. The first-order chi connectivity index (χ1) is 9.01. The molecule has 0 aliphatic heterocycles. The molecule has 0 saturated heterocycles. The molecule has 0 aromatic carbocycles. The second kappa shape index (κ2) is 7.31. The van der Waals surface area contributed by atoms with Crippen molar-refractivity contribution in [1.82, 2.24) is 10.6 Å². The Morgan fingerprint density at radius 1 is 1.10 bits per heavy atom. The van der Waals surface area contributed by atoms with Gasteiger partial charge in [-0.15, -0.1) is 0 Å². The molecule has 0 fully saturated rings. The summed E-state index contributed by atoms with van der Waals surface area (Å²) in [5, 5.41) is 21.2. The molecule has 0 rings (SSSR count). The molecule has 9 nitrogen and oxygen atoms in total. The van der Waals surface area contributed by atoms with Crippen LogP contribution in [0, 0.1) is 0 Å². The molecule has 4 N–H and O–H groups in total. The number of carboxylic acids is 2. The molecular weight excluding hydrogens is 272 g/mol. The van der Waals surface area contributed by atoms with E-state index in [1.54, 1.807) is 20.8 Å². The molecule has 0 aromatic heterocycles. The molecule has 0 aliphatic carbocycles. The van der Waals surface area contributed by atoms with Crippen LogP contribution in [0.5, 0.6) is 0 Å². The van der Waals surface area contributed by atoms with Gasteiger partial charge in [-0.3, -0.25) is 14.4 Å². The zero-order valence-electron chi connectivity index (χ0n) is 11.4. The first kappa shape index (κ1) is 17.7. The van der Waals surface area contributed by atoms with Crippen LogP contribution in [-0.2, 0) is 19.1 Å². The number of hydrogen-bond acceptors (Lipinski definition) is 5. The van der Waals surface area contributed by atoms with E-state index in [1.165, 1.54) is 0 Å². The number of ether oxygens (including phenoxy) is 1. The second-order valence-corrected chi connectivity index (χ2v) is 4.91. The fourth-order valence-corrected chi connectivity index (χ4v) is 1.12. The largest absolute Gasteiger partial charge is 0.481 e. The lowest BCUT2D eigenvalue weighted by molar-refractivity contribution is -0.140. The number of carbonyl (C=O) groups is 4. The maximum absolute atomic E-state index is 11.6. The van der Waals surface area contributed by atoms with Crippen LogP contribution in [0.3, 0.4) is 0 Å². The Hall–Kier alpha value is -2.32. The third-order valence-corrected chi connectivity index (χ3v) is 1.80. The minimum Gasteiger partial charge on any atom is -0.481 e. The van der Waals surface area contributed by atoms with Crippen LogP contribution in [0.4, 0.5) is 4.79 Å². The van der Waals surface area contributed by atoms with Crippen LogP contribution in [0.2, 0.25) is 0 Å². The van der Waals surface area contributed by atoms with Crippen molar-refractivity contribution >= 4 is 23.9 Å². The van der Waals surface area contributed by atoms with Gasteiger partial charge in [0.1, 0.15) is 18.2 Å². The Labute approximate surface area is 115 Å². The van der Waals surface area contributed by atoms with Gasteiger partial charge in [0.05, 0.1) is 6.42 Å². The van der Waals surface area contributed by atoms with Gasteiger partial charge in [-0.05, 0) is 20.8 Å². The van der Waals surface area contributed by atoms with Crippen molar-refractivity contribution < 1.29 is 34.1 Å². The number of amides is 2. The molecule has 20 heavy (non-hydrogen) atoms. The van der Waals surface area contributed by atoms with E-state index < -0.39 is 48.5 Å². The van der Waals surface area contributed by atoms with Gasteiger partial charge >= 0.3 is 18.0 Å². The monoisotopic (exact) mass is 290 g/mol. The topological polar surface area (TPSA) is 142 Å². The Morgan fingerprint density at radius 3 is 2.05 bits per heavy atom. The molecule has 0 bridgehead atoms. The third kappa shape index (κ3) is 8.72. The third-order valence-electron chi connectivity index (χ3n) is 1.80. The highest BCUT2D eigenvalue weighted by Gasteiger charge is 2.26. The number of carbonyl (C=O) groups excluding carboxylic acids is 2. The van der Waals surface area contributed by atoms with Crippen molar-refractivity contribution in [3.8, 4) is 0 Å². The zero-order chi connectivity index (χ0) is 15.9. The summed E-state index contributed by atoms with van der Waals surface area (Å²) in [5.41, 5.74) is -0.810. The van der Waals surface area contributed by atoms with Crippen LogP contribution in [0.15, 0.2) is 0 Å². The lowest BCUT2D eigenvalue weighted by Crippen LogP contribution is -2.50. The Kier molecular flexibility index (Phi) is 6.47. The van der Waals surface area contributed by atoms with Crippen LogP contribution in [0.1, 0.15) is 27.2 Å². The molecule has 9 heteroatoms. The summed E-state index contributed by atoms with van der Waals surface area (Å²) in [7, 11) is 0. The van der Waals surface area contributed by atoms with Gasteiger partial charge in [0, 0.05) is 0 Å². The Balaban J connectivity index is 4.63. The molecule has 0 aliphatic rings. The summed E-state index contributed by atoms with van der Waals surface area (Å²) < 4.78 is 4.89. The van der Waals surface area contributed by atoms with Gasteiger partial charge in [-0.1, -0.05) is 0 Å². The first-order valence-corrected chi connectivity index (χ1v) is 5.72. The molecule has 0 spiro atoms. The standard InChI is InChI=1S/C11H18N2O7/c1-11(2,3)20-10(19)13-6(4-7(14)15)9(18)12-5-8(16)17/h6H,4-5H2,1-3H3,(H,12,18)(H,13,19)(H,14,15)(H,16,17)/t6-/m0/s1. The quantitative estimate of drug-likeness (QED) is 0.519. The molecule has 0 aromatic rings. The number of hydrogen-bond donors (Lipinski definition) is 4. The van der Waals surface area contributed by atoms with Crippen molar-refractivity contribution in [2.45, 2.75) is 38.8 Å². The highest BCUT2D eigenvalue weighted by molar-refractivity contribution is 5.90. The second-order valence-electron chi connectivity index (χ2n) is 4.91. The number of aliphatic carboxylic acids is 2. The molecular formula is C11H18N2O7. The normalized spacial score (nSPS) is 12.2. The Bertz CT molecular complexity index is 400. The fourth-order valence-electron chi connectivity index (χ4n) is 1.12. The van der Waals surface area contributed by atoms with Gasteiger partial charge in [0.25, 0.3) is 0 Å². The maximum atomic E-state index is 11.6. The van der Waals surface area contributed by atoms with Crippen LogP contribution < -0.4 is 10.6 Å². The van der Waals surface area contributed by atoms with Crippen LogP contribution >= 0.6 is 0 Å². The smallest absolute Gasteiger partial charge is 0.408 e. The summed E-state index contributed by atoms with van der Waals surface area (Å²) in [5.74, 6) is -3.53. The van der Waals surface area contributed by atoms with Crippen molar-refractivity contribution in [3.63, 3.8) is 0 Å². The maximum Gasteiger partial charge on any atom is 0.408 e. The predicted molar refractivity (Wildman–Crippen MR) is 66.1 cm³/mol. The number of alkyl carbamates (subject to hydrolysis) is 1. The van der Waals surface area contributed by atoms with E-state index in [4.69, 9.17) is 14.9 Å². The van der Waals surface area contributed by atoms with Crippen molar-refractivity contribution in [3.05, 3.63) is 0 Å². The highest BCUT2D eigenvalue weighted by Crippen LogP contribution is 2.07. The Morgan fingerprint density at radius 2 is 1.65 bits per heavy atom. The van der Waals surface area contributed by atoms with E-state index in [2.05, 4.69) is 5.32 Å². The van der Waals surface area contributed by atoms with Crippen molar-refractivity contribution in [1.29, 1.82) is 0 Å². The minimum atomic E-state index is -1.42. The van der Waals surface area contributed by atoms with E-state index in [-0.39, 0.29) is 0 Å². The minimum absolute atomic E-state index is 0.676. The number of carboxylic acid groups (broad SMARTS) is 2. The lowest BCUT2D eigenvalue weighted by atomic mass is 10.2. The highest BCUT2D eigenvalue weighted by atomic mass is 16.6. The lowest BCUT2D eigenvalue weighted by Gasteiger charge is -2.22. The van der Waals surface area contributed by atoms with Gasteiger partial charge in [0.15, 0.2) is 0 Å². The van der Waals surface area contributed by atoms with Crippen molar-refractivity contribution in [2.24, 2.45) is 0 Å². The fraction of sp³-hybridized carbons (Fsp3) is 0.636. The average molecular weight is 290 g/mol. The van der Waals surface area contributed by atoms with E-state index in [1.807, 2.05) is 5.32 Å². The van der Waals surface area contributed by atoms with E-state index in [0.717, 1.165) is 0 Å². The molecule has 0 unspecified atom stereocenters. The SMILES string of the molecule is CC(C)(C)OC(=O)N[C@@H](CC(=O)O)C(=O)NCC(=O)O. The van der Waals surface area contributed by atoms with E-state index in [9.17, 15) is 19.2 Å². The molecule has 2 amide bonds. The van der Waals surface area contributed by atoms with Crippen molar-refractivity contribution in [2.75, 3.05) is 6.54 Å². The predicted octanol–water partition coefficient (Wildman–Crippen LogP) is -0.445. The summed E-state index contributed by atoms with van der Waals surface area (Å²) in [6.45, 7) is 4.13. The number of nitrogens with one attached hydrogen (secondary N) is 2. The molecule has 0 saturated carbocycles. The van der Waals surface area contributed by atoms with E-state index >= 15 is 0 Å². The van der Waals surface area contributed by atoms with Crippen LogP contribution in [-0.4, -0.2) is 52.3 Å². The summed E-state index contributed by atoms with van der Waals surface area (Å²) in [6.07, 6.45) is -1.65.